The predicted octanol–water partition coefficient (Wildman–Crippen LogP) is 2.87. The van der Waals surface area contributed by atoms with Crippen LogP contribution in [0.15, 0.2) is 29.1 Å². The number of nitrogens with zero attached hydrogens (tertiary/aromatic N) is 1. The van der Waals surface area contributed by atoms with E-state index in [1.165, 1.54) is 12.3 Å². The number of pyridine rings is 1. The molecule has 0 bridgehead atoms. The van der Waals surface area contributed by atoms with Crippen molar-refractivity contribution in [3.05, 3.63) is 45.4 Å². The van der Waals surface area contributed by atoms with Crippen molar-refractivity contribution in [3.63, 3.8) is 0 Å². The van der Waals surface area contributed by atoms with Crippen LogP contribution in [0.4, 0.5) is 5.69 Å². The summed E-state index contributed by atoms with van der Waals surface area (Å²) in [5.41, 5.74) is 7.43. The number of nitrogens with one attached hydrogen (secondary N) is 1. The highest BCUT2D eigenvalue weighted by atomic mass is 35.5. The van der Waals surface area contributed by atoms with Gasteiger partial charge >= 0.3 is 0 Å². The van der Waals surface area contributed by atoms with Gasteiger partial charge in [-0.05, 0) is 35.4 Å². The third-order valence-electron chi connectivity index (χ3n) is 2.54. The Kier molecular flexibility index (Phi) is 3.84. The van der Waals surface area contributed by atoms with Crippen LogP contribution in [0.25, 0.3) is 0 Å². The van der Waals surface area contributed by atoms with E-state index >= 15 is 0 Å². The maximum Gasteiger partial charge on any atom is 0.254 e. The van der Waals surface area contributed by atoms with Crippen LogP contribution in [-0.4, -0.2) is 10.9 Å². The van der Waals surface area contributed by atoms with Crippen LogP contribution in [0, 0.1) is 0 Å². The van der Waals surface area contributed by atoms with Crippen LogP contribution in [0.2, 0.25) is 5.15 Å². The molecule has 2 heterocycles. The van der Waals surface area contributed by atoms with E-state index in [0.717, 1.165) is 5.56 Å². The van der Waals surface area contributed by atoms with Gasteiger partial charge < -0.3 is 11.1 Å². The third kappa shape index (κ3) is 2.80. The van der Waals surface area contributed by atoms with Gasteiger partial charge in [0.25, 0.3) is 5.91 Å². The SMILES string of the molecule is CC(NC(=O)c1cc(Cl)ncc1N)c1ccsc1. The number of rotatable bonds is 3. The Morgan fingerprint density at radius 2 is 2.39 bits per heavy atom. The van der Waals surface area contributed by atoms with E-state index < -0.39 is 0 Å². The number of halogens is 1. The van der Waals surface area contributed by atoms with E-state index in [1.807, 2.05) is 23.8 Å². The number of hydrogen-bond donors (Lipinski definition) is 2. The average Bonchev–Trinajstić information content (AvgIpc) is 2.85. The number of nitrogen functional groups attached to an aromatic ring is 1. The summed E-state index contributed by atoms with van der Waals surface area (Å²) in [7, 11) is 0. The van der Waals surface area contributed by atoms with Crippen molar-refractivity contribution in [2.75, 3.05) is 5.73 Å². The van der Waals surface area contributed by atoms with Gasteiger partial charge in [0.2, 0.25) is 0 Å². The molecule has 2 aromatic rings. The van der Waals surface area contributed by atoms with Crippen molar-refractivity contribution >= 4 is 34.5 Å². The van der Waals surface area contributed by atoms with Gasteiger partial charge in [-0.1, -0.05) is 11.6 Å². The second-order valence-corrected chi connectivity index (χ2v) is 5.01. The molecule has 18 heavy (non-hydrogen) atoms. The highest BCUT2D eigenvalue weighted by molar-refractivity contribution is 7.07. The number of aromatic nitrogens is 1. The Balaban J connectivity index is 2.15. The monoisotopic (exact) mass is 281 g/mol. The minimum atomic E-state index is -0.254. The van der Waals surface area contributed by atoms with Gasteiger partial charge in [-0.15, -0.1) is 0 Å². The molecule has 1 unspecified atom stereocenters. The molecule has 0 aromatic carbocycles. The Hall–Kier alpha value is -1.59. The molecule has 0 saturated carbocycles. The van der Waals surface area contributed by atoms with Gasteiger partial charge in [-0.2, -0.15) is 11.3 Å². The topological polar surface area (TPSA) is 68.0 Å². The van der Waals surface area contributed by atoms with E-state index in [4.69, 9.17) is 17.3 Å². The lowest BCUT2D eigenvalue weighted by molar-refractivity contribution is 0.0941. The minimum Gasteiger partial charge on any atom is -0.397 e. The van der Waals surface area contributed by atoms with Crippen molar-refractivity contribution in [1.29, 1.82) is 0 Å². The summed E-state index contributed by atoms with van der Waals surface area (Å²) in [6.07, 6.45) is 1.38. The molecule has 0 saturated heterocycles. The van der Waals surface area contributed by atoms with Gasteiger partial charge in [0.1, 0.15) is 5.15 Å². The summed E-state index contributed by atoms with van der Waals surface area (Å²) >= 11 is 7.34. The summed E-state index contributed by atoms with van der Waals surface area (Å²) in [4.78, 5) is 15.9. The largest absolute Gasteiger partial charge is 0.397 e. The lowest BCUT2D eigenvalue weighted by Gasteiger charge is -2.13. The zero-order valence-electron chi connectivity index (χ0n) is 9.68. The maximum atomic E-state index is 12.0. The molecule has 0 fully saturated rings. The van der Waals surface area contributed by atoms with Crippen LogP contribution in [0.5, 0.6) is 0 Å². The van der Waals surface area contributed by atoms with Gasteiger partial charge in [0.15, 0.2) is 0 Å². The number of nitrogens with two attached hydrogens (primary N) is 1. The average molecular weight is 282 g/mol. The molecule has 0 aliphatic rings. The molecule has 6 heteroatoms. The van der Waals surface area contributed by atoms with Crippen LogP contribution in [0.1, 0.15) is 28.9 Å². The molecule has 4 nitrogen and oxygen atoms in total. The third-order valence-corrected chi connectivity index (χ3v) is 3.44. The van der Waals surface area contributed by atoms with Gasteiger partial charge in [0, 0.05) is 0 Å². The number of thiophene rings is 1. The minimum absolute atomic E-state index is 0.0740. The fourth-order valence-electron chi connectivity index (χ4n) is 1.52. The summed E-state index contributed by atoms with van der Waals surface area (Å²) in [5.74, 6) is -0.254. The van der Waals surface area contributed by atoms with Crippen molar-refractivity contribution in [2.45, 2.75) is 13.0 Å². The van der Waals surface area contributed by atoms with Crippen LogP contribution in [0.3, 0.4) is 0 Å². The second-order valence-electron chi connectivity index (χ2n) is 3.85. The summed E-state index contributed by atoms with van der Waals surface area (Å²) in [6, 6.07) is 3.36. The first-order chi connectivity index (χ1) is 8.58. The van der Waals surface area contributed by atoms with Crippen LogP contribution >= 0.6 is 22.9 Å². The molecule has 0 spiro atoms. The van der Waals surface area contributed by atoms with Crippen LogP contribution in [-0.2, 0) is 0 Å². The number of carbonyl (C=O) groups excluding carboxylic acids is 1. The molecule has 0 aliphatic carbocycles. The molecule has 0 radical (unpaired) electrons. The van der Waals surface area contributed by atoms with E-state index in [9.17, 15) is 4.79 Å². The van der Waals surface area contributed by atoms with E-state index in [2.05, 4.69) is 10.3 Å². The standard InChI is InChI=1S/C12H12ClN3OS/c1-7(8-2-3-18-6-8)16-12(17)9-4-11(13)15-5-10(9)14/h2-7H,14H2,1H3,(H,16,17). The lowest BCUT2D eigenvalue weighted by atomic mass is 10.1. The van der Waals surface area contributed by atoms with Gasteiger partial charge in [-0.25, -0.2) is 4.98 Å². The zero-order valence-corrected chi connectivity index (χ0v) is 11.3. The molecule has 2 aromatic heterocycles. The summed E-state index contributed by atoms with van der Waals surface area (Å²) in [5, 5.41) is 7.08. The molecular weight excluding hydrogens is 270 g/mol. The maximum absolute atomic E-state index is 12.0. The predicted molar refractivity (Wildman–Crippen MR) is 73.9 cm³/mol. The van der Waals surface area contributed by atoms with Crippen molar-refractivity contribution < 1.29 is 4.79 Å². The molecule has 3 N–H and O–H groups in total. The first kappa shape index (κ1) is 12.9. The Labute approximate surface area is 114 Å². The molecule has 94 valence electrons. The quantitative estimate of drug-likeness (QED) is 0.850. The highest BCUT2D eigenvalue weighted by Gasteiger charge is 2.14. The van der Waals surface area contributed by atoms with Crippen molar-refractivity contribution in [1.82, 2.24) is 10.3 Å². The zero-order chi connectivity index (χ0) is 13.1. The molecule has 1 amide bonds. The summed E-state index contributed by atoms with van der Waals surface area (Å²) in [6.45, 7) is 1.92. The Bertz CT molecular complexity index is 556. The number of amides is 1. The smallest absolute Gasteiger partial charge is 0.254 e. The van der Waals surface area contributed by atoms with Gasteiger partial charge in [0.05, 0.1) is 23.5 Å². The molecular formula is C12H12ClN3OS. The second kappa shape index (κ2) is 5.37. The van der Waals surface area contributed by atoms with E-state index in [1.54, 1.807) is 11.3 Å². The summed E-state index contributed by atoms with van der Waals surface area (Å²) < 4.78 is 0. The van der Waals surface area contributed by atoms with Crippen LogP contribution < -0.4 is 11.1 Å². The first-order valence-electron chi connectivity index (χ1n) is 5.32. The first-order valence-corrected chi connectivity index (χ1v) is 6.64. The Morgan fingerprint density at radius 1 is 1.61 bits per heavy atom. The molecule has 1 atom stereocenters. The fourth-order valence-corrected chi connectivity index (χ4v) is 2.43. The number of carbonyl (C=O) groups is 1. The van der Waals surface area contributed by atoms with Gasteiger partial charge in [-0.3, -0.25) is 4.79 Å². The van der Waals surface area contributed by atoms with Crippen molar-refractivity contribution in [3.8, 4) is 0 Å². The van der Waals surface area contributed by atoms with E-state index in [0.29, 0.717) is 11.3 Å². The van der Waals surface area contributed by atoms with Crippen molar-refractivity contribution in [2.24, 2.45) is 0 Å². The number of anilines is 1. The molecule has 0 aliphatic heterocycles. The Morgan fingerprint density at radius 3 is 3.06 bits per heavy atom. The molecule has 2 rings (SSSR count). The highest BCUT2D eigenvalue weighted by Crippen LogP contribution is 2.19. The lowest BCUT2D eigenvalue weighted by Crippen LogP contribution is -2.27. The van der Waals surface area contributed by atoms with E-state index in [-0.39, 0.29) is 17.1 Å². The fraction of sp³-hybridized carbons (Fsp3) is 0.167. The number of hydrogen-bond acceptors (Lipinski definition) is 4. The normalized spacial score (nSPS) is 12.1.